The van der Waals surface area contributed by atoms with Gasteiger partial charge in [0, 0.05) is 0 Å². The van der Waals surface area contributed by atoms with E-state index < -0.39 is 0 Å². The molecule has 0 amide bonds. The van der Waals surface area contributed by atoms with E-state index in [4.69, 9.17) is 9.47 Å². The Kier molecular flexibility index (Phi) is 4.22. The van der Waals surface area contributed by atoms with Crippen LogP contribution in [-0.2, 0) is 0 Å². The van der Waals surface area contributed by atoms with E-state index in [1.165, 1.54) is 11.3 Å². The van der Waals surface area contributed by atoms with E-state index in [0.29, 0.717) is 28.5 Å². The number of hydrogen-bond donors (Lipinski definition) is 0. The zero-order valence-corrected chi connectivity index (χ0v) is 12.0. The van der Waals surface area contributed by atoms with Gasteiger partial charge in [-0.05, 0) is 37.4 Å². The van der Waals surface area contributed by atoms with E-state index in [-0.39, 0.29) is 5.78 Å². The van der Waals surface area contributed by atoms with Crippen LogP contribution in [0.3, 0.4) is 0 Å². The summed E-state index contributed by atoms with van der Waals surface area (Å²) in [4.78, 5) is 13.2. The number of methoxy groups -OCH3 is 1. The van der Waals surface area contributed by atoms with Crippen molar-refractivity contribution in [2.75, 3.05) is 13.7 Å². The van der Waals surface area contributed by atoms with Crippen LogP contribution < -0.4 is 9.47 Å². The van der Waals surface area contributed by atoms with Crippen molar-refractivity contribution in [2.45, 2.75) is 13.8 Å². The normalized spacial score (nSPS) is 10.3. The van der Waals surface area contributed by atoms with Crippen LogP contribution in [0.1, 0.15) is 27.7 Å². The summed E-state index contributed by atoms with van der Waals surface area (Å²) in [6, 6.07) is 7.43. The molecule has 0 saturated carbocycles. The highest BCUT2D eigenvalue weighted by Crippen LogP contribution is 2.31. The molecule has 19 heavy (non-hydrogen) atoms. The summed E-state index contributed by atoms with van der Waals surface area (Å²) in [5.74, 6) is 1.17. The minimum Gasteiger partial charge on any atom is -0.495 e. The highest BCUT2D eigenvalue weighted by atomic mass is 32.1. The first kappa shape index (κ1) is 13.6. The van der Waals surface area contributed by atoms with Crippen molar-refractivity contribution >= 4 is 17.1 Å². The van der Waals surface area contributed by atoms with Gasteiger partial charge in [0.1, 0.15) is 16.4 Å². The molecule has 1 aromatic heterocycles. The van der Waals surface area contributed by atoms with Crippen LogP contribution >= 0.6 is 11.3 Å². The number of thiophene rings is 1. The number of carbonyl (C=O) groups is 1. The summed E-state index contributed by atoms with van der Waals surface area (Å²) in [6.45, 7) is 4.39. The van der Waals surface area contributed by atoms with E-state index in [1.54, 1.807) is 13.2 Å². The third-order valence-corrected chi connectivity index (χ3v) is 3.63. The van der Waals surface area contributed by atoms with Crippen molar-refractivity contribution in [3.8, 4) is 11.5 Å². The lowest BCUT2D eigenvalue weighted by Gasteiger charge is -2.10. The smallest absolute Gasteiger partial charge is 0.210 e. The topological polar surface area (TPSA) is 35.5 Å². The van der Waals surface area contributed by atoms with Crippen molar-refractivity contribution in [3.05, 3.63) is 45.6 Å². The van der Waals surface area contributed by atoms with E-state index >= 15 is 0 Å². The van der Waals surface area contributed by atoms with Gasteiger partial charge in [0.15, 0.2) is 0 Å². The van der Waals surface area contributed by atoms with Crippen LogP contribution in [0.5, 0.6) is 11.5 Å². The molecule has 3 nitrogen and oxygen atoms in total. The maximum Gasteiger partial charge on any atom is 0.210 e. The third kappa shape index (κ3) is 2.79. The molecule has 0 aliphatic heterocycles. The van der Waals surface area contributed by atoms with Crippen molar-refractivity contribution in [1.29, 1.82) is 0 Å². The molecule has 100 valence electrons. The second kappa shape index (κ2) is 5.89. The molecular formula is C15H16O3S. The fourth-order valence-electron chi connectivity index (χ4n) is 1.85. The third-order valence-electron chi connectivity index (χ3n) is 2.73. The Morgan fingerprint density at radius 3 is 2.74 bits per heavy atom. The lowest BCUT2D eigenvalue weighted by Crippen LogP contribution is -2.05. The Bertz CT molecular complexity index is 587. The summed E-state index contributed by atoms with van der Waals surface area (Å²) in [7, 11) is 1.57. The van der Waals surface area contributed by atoms with Crippen molar-refractivity contribution in [1.82, 2.24) is 0 Å². The Labute approximate surface area is 116 Å². The van der Waals surface area contributed by atoms with Gasteiger partial charge in [-0.2, -0.15) is 0 Å². The molecule has 0 unspecified atom stereocenters. The van der Waals surface area contributed by atoms with Crippen molar-refractivity contribution in [3.63, 3.8) is 0 Å². The molecule has 0 radical (unpaired) electrons. The zero-order valence-electron chi connectivity index (χ0n) is 11.2. The van der Waals surface area contributed by atoms with E-state index in [9.17, 15) is 4.79 Å². The number of ketones is 1. The molecule has 0 atom stereocenters. The average molecular weight is 276 g/mol. The number of rotatable bonds is 5. The molecule has 2 rings (SSSR count). The molecule has 0 fully saturated rings. The average Bonchev–Trinajstić information content (AvgIpc) is 2.88. The fraction of sp³-hybridized carbons (Fsp3) is 0.267. The summed E-state index contributed by atoms with van der Waals surface area (Å²) in [6.07, 6.45) is 0. The summed E-state index contributed by atoms with van der Waals surface area (Å²) < 4.78 is 10.7. The first-order valence-electron chi connectivity index (χ1n) is 6.07. The Morgan fingerprint density at radius 1 is 1.26 bits per heavy atom. The summed E-state index contributed by atoms with van der Waals surface area (Å²) >= 11 is 1.38. The second-order valence-corrected chi connectivity index (χ2v) is 5.00. The first-order chi connectivity index (χ1) is 9.17. The van der Waals surface area contributed by atoms with Gasteiger partial charge in [0.05, 0.1) is 19.3 Å². The molecule has 0 N–H and O–H groups in total. The molecular weight excluding hydrogens is 260 g/mol. The van der Waals surface area contributed by atoms with Gasteiger partial charge in [0.2, 0.25) is 5.78 Å². The number of carbonyl (C=O) groups excluding carboxylic acids is 1. The number of benzene rings is 1. The van der Waals surface area contributed by atoms with Gasteiger partial charge in [-0.3, -0.25) is 4.79 Å². The van der Waals surface area contributed by atoms with Crippen LogP contribution in [0, 0.1) is 6.92 Å². The van der Waals surface area contributed by atoms with E-state index in [0.717, 1.165) is 5.56 Å². The Hall–Kier alpha value is -1.81. The minimum atomic E-state index is -0.0565. The molecule has 2 aromatic rings. The zero-order chi connectivity index (χ0) is 13.8. The van der Waals surface area contributed by atoms with Gasteiger partial charge in [-0.15, -0.1) is 11.3 Å². The predicted octanol–water partition coefficient (Wildman–Crippen LogP) is 3.69. The van der Waals surface area contributed by atoms with E-state index in [2.05, 4.69) is 0 Å². The molecule has 0 bridgehead atoms. The second-order valence-electron chi connectivity index (χ2n) is 4.08. The number of hydrogen-bond acceptors (Lipinski definition) is 4. The standard InChI is InChI=1S/C15H16O3S/c1-4-18-12-6-5-10(2)9-11(12)14(16)15-13(17-3)7-8-19-15/h5-9H,4H2,1-3H3. The maximum atomic E-state index is 12.6. The number of aryl methyl sites for hydroxylation is 1. The monoisotopic (exact) mass is 276 g/mol. The quantitative estimate of drug-likeness (QED) is 0.781. The lowest BCUT2D eigenvalue weighted by atomic mass is 10.1. The minimum absolute atomic E-state index is 0.0565. The molecule has 0 spiro atoms. The molecule has 4 heteroatoms. The predicted molar refractivity (Wildman–Crippen MR) is 76.7 cm³/mol. The summed E-state index contributed by atoms with van der Waals surface area (Å²) in [5, 5.41) is 1.85. The van der Waals surface area contributed by atoms with Gasteiger partial charge in [-0.1, -0.05) is 11.6 Å². The Morgan fingerprint density at radius 2 is 2.05 bits per heavy atom. The lowest BCUT2D eigenvalue weighted by molar-refractivity contribution is 0.103. The Balaban J connectivity index is 2.45. The van der Waals surface area contributed by atoms with Crippen LogP contribution in [-0.4, -0.2) is 19.5 Å². The van der Waals surface area contributed by atoms with E-state index in [1.807, 2.05) is 37.4 Å². The highest BCUT2D eigenvalue weighted by molar-refractivity contribution is 7.12. The largest absolute Gasteiger partial charge is 0.495 e. The van der Waals surface area contributed by atoms with Gasteiger partial charge >= 0.3 is 0 Å². The van der Waals surface area contributed by atoms with Gasteiger partial charge < -0.3 is 9.47 Å². The fourth-order valence-corrected chi connectivity index (χ4v) is 2.66. The number of ether oxygens (including phenoxy) is 2. The molecule has 0 saturated heterocycles. The van der Waals surface area contributed by atoms with Crippen LogP contribution in [0.25, 0.3) is 0 Å². The molecule has 1 aromatic carbocycles. The maximum absolute atomic E-state index is 12.6. The summed E-state index contributed by atoms with van der Waals surface area (Å²) in [5.41, 5.74) is 1.62. The SMILES string of the molecule is CCOc1ccc(C)cc1C(=O)c1sccc1OC. The van der Waals surface area contributed by atoms with Crippen molar-refractivity contribution < 1.29 is 14.3 Å². The van der Waals surface area contributed by atoms with Gasteiger partial charge in [0.25, 0.3) is 0 Å². The first-order valence-corrected chi connectivity index (χ1v) is 6.95. The van der Waals surface area contributed by atoms with Crippen LogP contribution in [0.4, 0.5) is 0 Å². The van der Waals surface area contributed by atoms with Crippen LogP contribution in [0.2, 0.25) is 0 Å². The molecule has 0 aliphatic carbocycles. The van der Waals surface area contributed by atoms with Crippen LogP contribution in [0.15, 0.2) is 29.6 Å². The highest BCUT2D eigenvalue weighted by Gasteiger charge is 2.20. The van der Waals surface area contributed by atoms with Crippen molar-refractivity contribution in [2.24, 2.45) is 0 Å². The molecule has 1 heterocycles. The van der Waals surface area contributed by atoms with Gasteiger partial charge in [-0.25, -0.2) is 0 Å². The molecule has 0 aliphatic rings.